The zero-order valence-electron chi connectivity index (χ0n) is 18.3. The van der Waals surface area contributed by atoms with Crippen molar-refractivity contribution >= 4 is 22.8 Å². The number of nitrogen functional groups attached to an aromatic ring is 1. The van der Waals surface area contributed by atoms with Gasteiger partial charge < -0.3 is 15.2 Å². The highest BCUT2D eigenvalue weighted by atomic mass is 16.5. The second-order valence-corrected chi connectivity index (χ2v) is 8.24. The average Bonchev–Trinajstić information content (AvgIpc) is 3.21. The number of benzene rings is 2. The van der Waals surface area contributed by atoms with E-state index in [1.165, 1.54) is 13.3 Å². The van der Waals surface area contributed by atoms with Gasteiger partial charge in [-0.25, -0.2) is 14.6 Å². The monoisotopic (exact) mass is 443 g/mol. The van der Waals surface area contributed by atoms with E-state index in [4.69, 9.17) is 20.3 Å². The molecule has 0 aliphatic heterocycles. The van der Waals surface area contributed by atoms with Crippen molar-refractivity contribution in [2.45, 2.75) is 44.8 Å². The summed E-state index contributed by atoms with van der Waals surface area (Å²) in [6, 6.07) is 17.4. The highest BCUT2D eigenvalue weighted by Crippen LogP contribution is 2.37. The maximum atomic E-state index is 11.5. The maximum Gasteiger partial charge on any atom is 0.302 e. The molecule has 0 amide bonds. The van der Waals surface area contributed by atoms with E-state index in [9.17, 15) is 4.79 Å². The van der Waals surface area contributed by atoms with Gasteiger partial charge in [-0.05, 0) is 55.7 Å². The van der Waals surface area contributed by atoms with Crippen molar-refractivity contribution in [2.75, 3.05) is 5.73 Å². The summed E-state index contributed by atoms with van der Waals surface area (Å²) in [7, 11) is 0. The smallest absolute Gasteiger partial charge is 0.302 e. The van der Waals surface area contributed by atoms with Crippen LogP contribution in [-0.4, -0.2) is 31.8 Å². The Morgan fingerprint density at radius 3 is 2.55 bits per heavy atom. The van der Waals surface area contributed by atoms with Crippen LogP contribution in [0.4, 0.5) is 5.82 Å². The topological polar surface area (TPSA) is 105 Å². The summed E-state index contributed by atoms with van der Waals surface area (Å²) in [5.41, 5.74) is 8.58. The lowest BCUT2D eigenvalue weighted by atomic mass is 9.93. The fraction of sp³-hybridized carbons (Fsp3) is 0.280. The fourth-order valence-electron chi connectivity index (χ4n) is 4.44. The highest BCUT2D eigenvalue weighted by molar-refractivity contribution is 5.98. The van der Waals surface area contributed by atoms with Crippen molar-refractivity contribution in [3.8, 4) is 22.8 Å². The molecule has 2 aromatic carbocycles. The van der Waals surface area contributed by atoms with Gasteiger partial charge in [0.1, 0.15) is 35.4 Å². The molecular weight excluding hydrogens is 418 g/mol. The lowest BCUT2D eigenvalue weighted by Gasteiger charge is -2.28. The van der Waals surface area contributed by atoms with Crippen LogP contribution in [0.25, 0.3) is 22.3 Å². The van der Waals surface area contributed by atoms with Crippen LogP contribution in [0.2, 0.25) is 0 Å². The van der Waals surface area contributed by atoms with Gasteiger partial charge in [-0.15, -0.1) is 0 Å². The minimum Gasteiger partial charge on any atom is -0.462 e. The number of para-hydroxylation sites is 1. The molecule has 8 nitrogen and oxygen atoms in total. The standard InChI is InChI=1S/C25H25N5O3/c1-16(31)32-21-9-5-6-18(14-21)30-25-22(24(26)27-15-28-25)23(29-30)17-10-12-20(13-11-17)33-19-7-3-2-4-8-19/h2-4,7-8,10-13,15,18,21H,5-6,9,14H2,1H3,(H2,26,27,28)/t18-,21-/m1/s1. The molecule has 0 bridgehead atoms. The molecule has 4 aromatic rings. The van der Waals surface area contributed by atoms with E-state index in [-0.39, 0.29) is 18.1 Å². The molecule has 8 heteroatoms. The second kappa shape index (κ2) is 8.90. The Labute approximate surface area is 191 Å². The molecule has 1 fully saturated rings. The molecule has 1 saturated carbocycles. The molecule has 1 aliphatic rings. The summed E-state index contributed by atoms with van der Waals surface area (Å²) in [6.45, 7) is 1.45. The number of esters is 1. The first kappa shape index (κ1) is 20.9. The maximum absolute atomic E-state index is 11.5. The number of nitrogens with two attached hydrogens (primary N) is 1. The molecule has 1 aliphatic carbocycles. The third-order valence-corrected chi connectivity index (χ3v) is 5.90. The van der Waals surface area contributed by atoms with E-state index < -0.39 is 0 Å². The van der Waals surface area contributed by atoms with Crippen LogP contribution < -0.4 is 10.5 Å². The number of carbonyl (C=O) groups excluding carboxylic acids is 1. The number of aromatic nitrogens is 4. The first-order valence-corrected chi connectivity index (χ1v) is 11.1. The minimum absolute atomic E-state index is 0.0642. The van der Waals surface area contributed by atoms with E-state index in [2.05, 4.69) is 9.97 Å². The van der Waals surface area contributed by atoms with Gasteiger partial charge in [-0.3, -0.25) is 4.79 Å². The van der Waals surface area contributed by atoms with Crippen LogP contribution in [0.15, 0.2) is 60.9 Å². The van der Waals surface area contributed by atoms with Gasteiger partial charge in [0.15, 0.2) is 5.65 Å². The third kappa shape index (κ3) is 4.37. The van der Waals surface area contributed by atoms with Gasteiger partial charge in [0.25, 0.3) is 0 Å². The molecular formula is C25H25N5O3. The molecule has 2 atom stereocenters. The SMILES string of the molecule is CC(=O)O[C@@H]1CCC[C@@H](n2nc(-c3ccc(Oc4ccccc4)cc3)c3c(N)ncnc32)C1. The molecule has 2 heterocycles. The number of ether oxygens (including phenoxy) is 2. The van der Waals surface area contributed by atoms with Gasteiger partial charge in [-0.1, -0.05) is 18.2 Å². The zero-order valence-corrected chi connectivity index (χ0v) is 18.3. The van der Waals surface area contributed by atoms with Crippen molar-refractivity contribution in [3.05, 3.63) is 60.9 Å². The largest absolute Gasteiger partial charge is 0.462 e. The number of fused-ring (bicyclic) bond motifs is 1. The predicted octanol–water partition coefficient (Wildman–Crippen LogP) is 4.91. The van der Waals surface area contributed by atoms with E-state index >= 15 is 0 Å². The van der Waals surface area contributed by atoms with Gasteiger partial charge >= 0.3 is 5.97 Å². The van der Waals surface area contributed by atoms with Crippen molar-refractivity contribution < 1.29 is 14.3 Å². The van der Waals surface area contributed by atoms with Crippen molar-refractivity contribution in [1.29, 1.82) is 0 Å². The van der Waals surface area contributed by atoms with Crippen LogP contribution in [0, 0.1) is 0 Å². The number of carbonyl (C=O) groups is 1. The van der Waals surface area contributed by atoms with Gasteiger partial charge in [-0.2, -0.15) is 5.10 Å². The number of rotatable bonds is 5. The predicted molar refractivity (Wildman–Crippen MR) is 125 cm³/mol. The Morgan fingerprint density at radius 1 is 1.03 bits per heavy atom. The zero-order chi connectivity index (χ0) is 22.8. The van der Waals surface area contributed by atoms with Crippen LogP contribution in [0.5, 0.6) is 11.5 Å². The molecule has 0 radical (unpaired) electrons. The lowest BCUT2D eigenvalue weighted by molar-refractivity contribution is -0.148. The van der Waals surface area contributed by atoms with Crippen LogP contribution in [0.3, 0.4) is 0 Å². The summed E-state index contributed by atoms with van der Waals surface area (Å²) >= 11 is 0. The highest BCUT2D eigenvalue weighted by Gasteiger charge is 2.29. The Hall–Kier alpha value is -3.94. The van der Waals surface area contributed by atoms with Crippen LogP contribution in [0.1, 0.15) is 38.6 Å². The number of anilines is 1. The minimum atomic E-state index is -0.254. The average molecular weight is 444 g/mol. The summed E-state index contributed by atoms with van der Waals surface area (Å²) in [6.07, 6.45) is 4.79. The Morgan fingerprint density at radius 2 is 1.79 bits per heavy atom. The van der Waals surface area contributed by atoms with Crippen LogP contribution in [-0.2, 0) is 9.53 Å². The van der Waals surface area contributed by atoms with Gasteiger partial charge in [0.2, 0.25) is 0 Å². The van der Waals surface area contributed by atoms with Gasteiger partial charge in [0.05, 0.1) is 11.4 Å². The second-order valence-electron chi connectivity index (χ2n) is 8.24. The van der Waals surface area contributed by atoms with Crippen molar-refractivity contribution in [3.63, 3.8) is 0 Å². The summed E-state index contributed by atoms with van der Waals surface area (Å²) in [4.78, 5) is 20.2. The van der Waals surface area contributed by atoms with Crippen molar-refractivity contribution in [1.82, 2.24) is 19.7 Å². The molecule has 2 N–H and O–H groups in total. The summed E-state index contributed by atoms with van der Waals surface area (Å²) in [5.74, 6) is 1.64. The number of hydrogen-bond donors (Lipinski definition) is 1. The molecule has 5 rings (SSSR count). The molecule has 168 valence electrons. The van der Waals surface area contributed by atoms with Crippen molar-refractivity contribution in [2.24, 2.45) is 0 Å². The number of nitrogens with zero attached hydrogens (tertiary/aromatic N) is 4. The Balaban J connectivity index is 1.48. The molecule has 2 aromatic heterocycles. The first-order valence-electron chi connectivity index (χ1n) is 11.1. The molecule has 0 unspecified atom stereocenters. The normalized spacial score (nSPS) is 18.2. The molecule has 0 saturated heterocycles. The first-order chi connectivity index (χ1) is 16.1. The third-order valence-electron chi connectivity index (χ3n) is 5.90. The van der Waals surface area contributed by atoms with E-state index in [1.54, 1.807) is 0 Å². The summed E-state index contributed by atoms with van der Waals surface area (Å²) in [5, 5.41) is 5.65. The lowest BCUT2D eigenvalue weighted by Crippen LogP contribution is -2.27. The Bertz CT molecular complexity index is 1270. The van der Waals surface area contributed by atoms with E-state index in [0.29, 0.717) is 17.9 Å². The van der Waals surface area contributed by atoms with Crippen LogP contribution >= 0.6 is 0 Å². The Kier molecular flexibility index (Phi) is 5.64. The number of hydrogen-bond acceptors (Lipinski definition) is 7. The fourth-order valence-corrected chi connectivity index (χ4v) is 4.44. The molecule has 33 heavy (non-hydrogen) atoms. The van der Waals surface area contributed by atoms with E-state index in [0.717, 1.165) is 47.4 Å². The van der Waals surface area contributed by atoms with E-state index in [1.807, 2.05) is 59.3 Å². The van der Waals surface area contributed by atoms with Gasteiger partial charge in [0, 0.05) is 18.9 Å². The quantitative estimate of drug-likeness (QED) is 0.437. The summed E-state index contributed by atoms with van der Waals surface area (Å²) < 4.78 is 13.3. The molecule has 0 spiro atoms.